The highest BCUT2D eigenvalue weighted by atomic mass is 16.4. The molecule has 0 aromatic heterocycles. The Morgan fingerprint density at radius 2 is 2.09 bits per heavy atom. The standard InChI is InChI=1S/C5H8O6/c6-1-5(11,2-7)3(8)4(9)10/h1,3,7-8,11H,2H2,(H,9,10). The summed E-state index contributed by atoms with van der Waals surface area (Å²) in [7, 11) is 0. The van der Waals surface area contributed by atoms with E-state index in [1.807, 2.05) is 0 Å². The van der Waals surface area contributed by atoms with Gasteiger partial charge in [-0.25, -0.2) is 4.79 Å². The highest BCUT2D eigenvalue weighted by Gasteiger charge is 2.39. The van der Waals surface area contributed by atoms with Gasteiger partial charge in [-0.3, -0.25) is 4.79 Å². The van der Waals surface area contributed by atoms with Crippen molar-refractivity contribution in [3.05, 3.63) is 0 Å². The molecule has 64 valence electrons. The summed E-state index contributed by atoms with van der Waals surface area (Å²) in [6, 6.07) is 0. The van der Waals surface area contributed by atoms with E-state index in [1.165, 1.54) is 0 Å². The van der Waals surface area contributed by atoms with Gasteiger partial charge in [0.25, 0.3) is 0 Å². The highest BCUT2D eigenvalue weighted by molar-refractivity contribution is 5.81. The van der Waals surface area contributed by atoms with Gasteiger partial charge in [0.1, 0.15) is 0 Å². The van der Waals surface area contributed by atoms with E-state index in [-0.39, 0.29) is 6.29 Å². The summed E-state index contributed by atoms with van der Waals surface area (Å²) in [6.07, 6.45) is -2.52. The topological polar surface area (TPSA) is 115 Å². The van der Waals surface area contributed by atoms with Crippen LogP contribution in [0.5, 0.6) is 0 Å². The van der Waals surface area contributed by atoms with Crippen molar-refractivity contribution in [1.29, 1.82) is 0 Å². The first-order chi connectivity index (χ1) is 4.98. The van der Waals surface area contributed by atoms with Gasteiger partial charge in [-0.2, -0.15) is 0 Å². The fraction of sp³-hybridized carbons (Fsp3) is 0.600. The van der Waals surface area contributed by atoms with Crippen LogP contribution in [0.3, 0.4) is 0 Å². The maximum Gasteiger partial charge on any atom is 0.336 e. The molecule has 0 aliphatic carbocycles. The van der Waals surface area contributed by atoms with Crippen molar-refractivity contribution in [1.82, 2.24) is 0 Å². The number of hydrogen-bond donors (Lipinski definition) is 4. The third-order valence-electron chi connectivity index (χ3n) is 1.16. The number of hydrogen-bond acceptors (Lipinski definition) is 5. The average Bonchev–Trinajstić information content (AvgIpc) is 2.01. The van der Waals surface area contributed by atoms with Gasteiger partial charge in [0.15, 0.2) is 18.0 Å². The van der Waals surface area contributed by atoms with Gasteiger partial charge in [-0.15, -0.1) is 0 Å². The second-order valence-corrected chi connectivity index (χ2v) is 2.01. The fourth-order valence-corrected chi connectivity index (χ4v) is 0.402. The maximum atomic E-state index is 9.98. The molecular formula is C5H8O6. The minimum atomic E-state index is -2.61. The lowest BCUT2D eigenvalue weighted by molar-refractivity contribution is -0.170. The lowest BCUT2D eigenvalue weighted by Gasteiger charge is -2.21. The third kappa shape index (κ3) is 1.97. The van der Waals surface area contributed by atoms with Crippen molar-refractivity contribution in [3.63, 3.8) is 0 Å². The number of aliphatic hydroxyl groups is 3. The Balaban J connectivity index is 4.49. The Kier molecular flexibility index (Phi) is 3.12. The van der Waals surface area contributed by atoms with Crippen LogP contribution in [0.15, 0.2) is 0 Å². The summed E-state index contributed by atoms with van der Waals surface area (Å²) in [4.78, 5) is 20.0. The van der Waals surface area contributed by atoms with Crippen LogP contribution >= 0.6 is 0 Å². The van der Waals surface area contributed by atoms with Crippen molar-refractivity contribution in [2.45, 2.75) is 11.7 Å². The zero-order valence-electron chi connectivity index (χ0n) is 5.47. The van der Waals surface area contributed by atoms with Crippen molar-refractivity contribution in [3.8, 4) is 0 Å². The van der Waals surface area contributed by atoms with Crippen LogP contribution in [0.2, 0.25) is 0 Å². The number of aliphatic hydroxyl groups excluding tert-OH is 2. The first-order valence-corrected chi connectivity index (χ1v) is 2.68. The number of carboxylic acid groups (broad SMARTS) is 1. The van der Waals surface area contributed by atoms with Crippen molar-refractivity contribution in [2.24, 2.45) is 0 Å². The number of aliphatic carboxylic acids is 1. The van der Waals surface area contributed by atoms with Crippen molar-refractivity contribution >= 4 is 12.3 Å². The molecule has 2 atom stereocenters. The summed E-state index contributed by atoms with van der Waals surface area (Å²) in [5.41, 5.74) is -2.61. The monoisotopic (exact) mass is 164 g/mol. The van der Waals surface area contributed by atoms with Crippen molar-refractivity contribution < 1.29 is 30.0 Å². The molecule has 0 heterocycles. The van der Waals surface area contributed by atoms with E-state index in [4.69, 9.17) is 20.4 Å². The molecule has 0 bridgehead atoms. The predicted molar refractivity (Wildman–Crippen MR) is 31.7 cm³/mol. The minimum absolute atomic E-state index is 0.216. The molecule has 6 nitrogen and oxygen atoms in total. The van der Waals surface area contributed by atoms with Crippen LogP contribution in [0, 0.1) is 0 Å². The van der Waals surface area contributed by atoms with Crippen LogP contribution in [0.4, 0.5) is 0 Å². The zero-order chi connectivity index (χ0) is 9.07. The predicted octanol–water partition coefficient (Wildman–Crippen LogP) is -2.65. The normalized spacial score (nSPS) is 18.5. The average molecular weight is 164 g/mol. The van der Waals surface area contributed by atoms with Gasteiger partial charge in [-0.1, -0.05) is 0 Å². The smallest absolute Gasteiger partial charge is 0.336 e. The number of rotatable bonds is 4. The summed E-state index contributed by atoms with van der Waals surface area (Å²) >= 11 is 0. The molecule has 6 heteroatoms. The molecule has 0 rings (SSSR count). The summed E-state index contributed by atoms with van der Waals surface area (Å²) in [5, 5.41) is 33.8. The highest BCUT2D eigenvalue weighted by Crippen LogP contribution is 2.06. The largest absolute Gasteiger partial charge is 0.479 e. The molecular weight excluding hydrogens is 156 g/mol. The third-order valence-corrected chi connectivity index (χ3v) is 1.16. The van der Waals surface area contributed by atoms with E-state index < -0.39 is 24.3 Å². The van der Waals surface area contributed by atoms with Gasteiger partial charge in [0.2, 0.25) is 0 Å². The van der Waals surface area contributed by atoms with E-state index in [0.29, 0.717) is 0 Å². The molecule has 2 unspecified atom stereocenters. The first-order valence-electron chi connectivity index (χ1n) is 2.68. The van der Waals surface area contributed by atoms with Gasteiger partial charge >= 0.3 is 5.97 Å². The lowest BCUT2D eigenvalue weighted by Crippen LogP contribution is -2.51. The number of aldehydes is 1. The SMILES string of the molecule is O=CC(O)(CO)C(O)C(=O)O. The molecule has 0 aromatic carbocycles. The Morgan fingerprint density at radius 1 is 1.64 bits per heavy atom. The van der Waals surface area contributed by atoms with Gasteiger partial charge in [0.05, 0.1) is 6.61 Å². The van der Waals surface area contributed by atoms with E-state index in [2.05, 4.69) is 0 Å². The van der Waals surface area contributed by atoms with E-state index in [9.17, 15) is 9.59 Å². The Labute approximate surface area is 61.7 Å². The van der Waals surface area contributed by atoms with Crippen LogP contribution in [-0.2, 0) is 9.59 Å². The number of carboxylic acids is 1. The van der Waals surface area contributed by atoms with Crippen LogP contribution in [0.25, 0.3) is 0 Å². The molecule has 0 saturated carbocycles. The van der Waals surface area contributed by atoms with Gasteiger partial charge in [-0.05, 0) is 0 Å². The Hall–Kier alpha value is -0.980. The van der Waals surface area contributed by atoms with E-state index in [0.717, 1.165) is 0 Å². The second-order valence-electron chi connectivity index (χ2n) is 2.01. The lowest BCUT2D eigenvalue weighted by atomic mass is 10.0. The minimum Gasteiger partial charge on any atom is -0.479 e. The summed E-state index contributed by atoms with van der Waals surface area (Å²) < 4.78 is 0. The van der Waals surface area contributed by atoms with Crippen LogP contribution in [-0.4, -0.2) is 51.0 Å². The summed E-state index contributed by atoms with van der Waals surface area (Å²) in [5.74, 6) is -1.77. The fourth-order valence-electron chi connectivity index (χ4n) is 0.402. The molecule has 4 N–H and O–H groups in total. The van der Waals surface area contributed by atoms with Crippen LogP contribution < -0.4 is 0 Å². The molecule has 11 heavy (non-hydrogen) atoms. The van der Waals surface area contributed by atoms with E-state index in [1.54, 1.807) is 0 Å². The van der Waals surface area contributed by atoms with Crippen molar-refractivity contribution in [2.75, 3.05) is 6.61 Å². The zero-order valence-corrected chi connectivity index (χ0v) is 5.47. The molecule has 0 aliphatic heterocycles. The quantitative estimate of drug-likeness (QED) is 0.337. The molecule has 0 saturated heterocycles. The maximum absolute atomic E-state index is 9.98. The molecule has 0 amide bonds. The first kappa shape index (κ1) is 10.0. The van der Waals surface area contributed by atoms with Gasteiger partial charge < -0.3 is 20.4 Å². The summed E-state index contributed by atoms with van der Waals surface area (Å²) in [6.45, 7) is -1.13. The Bertz CT molecular complexity index is 166. The van der Waals surface area contributed by atoms with Gasteiger partial charge in [0, 0.05) is 0 Å². The Morgan fingerprint density at radius 3 is 2.18 bits per heavy atom. The molecule has 0 radical (unpaired) electrons. The molecule has 0 aromatic rings. The molecule has 0 aliphatic rings. The molecule has 0 spiro atoms. The number of carbonyl (C=O) groups is 2. The van der Waals surface area contributed by atoms with E-state index >= 15 is 0 Å². The number of carbonyl (C=O) groups excluding carboxylic acids is 1. The molecule has 0 fully saturated rings. The van der Waals surface area contributed by atoms with Crippen LogP contribution in [0.1, 0.15) is 0 Å². The second kappa shape index (κ2) is 3.42.